The van der Waals surface area contributed by atoms with Gasteiger partial charge in [0, 0.05) is 38.4 Å². The summed E-state index contributed by atoms with van der Waals surface area (Å²) in [6.45, 7) is 6.95. The topological polar surface area (TPSA) is 54.5 Å². The van der Waals surface area contributed by atoms with Gasteiger partial charge in [-0.05, 0) is 38.1 Å². The fourth-order valence-electron chi connectivity index (χ4n) is 3.28. The first-order valence-electron chi connectivity index (χ1n) is 8.70. The van der Waals surface area contributed by atoms with Crippen molar-refractivity contribution in [3.63, 3.8) is 0 Å². The van der Waals surface area contributed by atoms with Gasteiger partial charge < -0.3 is 18.8 Å². The van der Waals surface area contributed by atoms with E-state index in [0.717, 1.165) is 29.9 Å². The molecule has 1 fully saturated rings. The van der Waals surface area contributed by atoms with Crippen molar-refractivity contribution in [1.82, 2.24) is 14.5 Å². The molecule has 0 saturated carbocycles. The van der Waals surface area contributed by atoms with E-state index in [1.54, 1.807) is 0 Å². The van der Waals surface area contributed by atoms with E-state index in [1.807, 2.05) is 52.1 Å². The fraction of sp³-hybridized carbons (Fsp3) is 0.368. The second-order valence-electron chi connectivity index (χ2n) is 6.64. The molecule has 0 aliphatic carbocycles. The van der Waals surface area contributed by atoms with Gasteiger partial charge in [0.2, 0.25) is 0 Å². The van der Waals surface area contributed by atoms with Gasteiger partial charge in [-0.15, -0.1) is 0 Å². The van der Waals surface area contributed by atoms with Crippen LogP contribution in [0.25, 0.3) is 11.1 Å². The molecular weight excluding hydrogens is 316 g/mol. The van der Waals surface area contributed by atoms with Gasteiger partial charge in [0.25, 0.3) is 11.9 Å². The number of hydrogen-bond donors (Lipinski definition) is 0. The van der Waals surface area contributed by atoms with Crippen LogP contribution in [0.2, 0.25) is 0 Å². The number of carbonyl (C=O) groups excluding carboxylic acids is 1. The lowest BCUT2D eigenvalue weighted by Crippen LogP contribution is -2.49. The molecule has 6 heteroatoms. The van der Waals surface area contributed by atoms with E-state index in [1.165, 1.54) is 0 Å². The first kappa shape index (κ1) is 15.7. The summed E-state index contributed by atoms with van der Waals surface area (Å²) in [6, 6.07) is 12.5. The van der Waals surface area contributed by atoms with Gasteiger partial charge in [-0.1, -0.05) is 12.1 Å². The Balaban J connectivity index is 1.46. The Labute approximate surface area is 146 Å². The van der Waals surface area contributed by atoms with Gasteiger partial charge in [-0.2, -0.15) is 4.98 Å². The number of oxazole rings is 1. The Hall–Kier alpha value is -2.76. The monoisotopic (exact) mass is 338 g/mol. The summed E-state index contributed by atoms with van der Waals surface area (Å²) < 4.78 is 7.86. The molecule has 130 valence electrons. The van der Waals surface area contributed by atoms with E-state index >= 15 is 0 Å². The maximum Gasteiger partial charge on any atom is 0.298 e. The van der Waals surface area contributed by atoms with Crippen LogP contribution in [0.15, 0.2) is 47.0 Å². The molecular formula is C19H22N4O2. The van der Waals surface area contributed by atoms with Crippen LogP contribution in [0.1, 0.15) is 30.4 Å². The average molecular weight is 338 g/mol. The first-order valence-corrected chi connectivity index (χ1v) is 8.70. The van der Waals surface area contributed by atoms with Crippen LogP contribution in [-0.2, 0) is 0 Å². The Morgan fingerprint density at radius 3 is 2.56 bits per heavy atom. The van der Waals surface area contributed by atoms with E-state index < -0.39 is 0 Å². The highest BCUT2D eigenvalue weighted by molar-refractivity contribution is 5.93. The van der Waals surface area contributed by atoms with Crippen molar-refractivity contribution >= 4 is 23.0 Å². The number of para-hydroxylation sites is 2. The molecule has 0 atom stereocenters. The van der Waals surface area contributed by atoms with Gasteiger partial charge >= 0.3 is 0 Å². The molecule has 1 saturated heterocycles. The fourth-order valence-corrected chi connectivity index (χ4v) is 3.28. The highest BCUT2D eigenvalue weighted by atomic mass is 16.4. The number of piperazine rings is 1. The van der Waals surface area contributed by atoms with Crippen molar-refractivity contribution in [2.75, 3.05) is 31.1 Å². The highest BCUT2D eigenvalue weighted by Crippen LogP contribution is 2.23. The minimum absolute atomic E-state index is 0.0934. The Kier molecular flexibility index (Phi) is 3.95. The number of hydrogen-bond acceptors (Lipinski definition) is 4. The number of anilines is 1. The van der Waals surface area contributed by atoms with Crippen LogP contribution in [-0.4, -0.2) is 46.5 Å². The second-order valence-corrected chi connectivity index (χ2v) is 6.64. The molecule has 0 radical (unpaired) electrons. The molecule has 3 heterocycles. The van der Waals surface area contributed by atoms with Crippen LogP contribution < -0.4 is 4.90 Å². The first-order chi connectivity index (χ1) is 12.1. The minimum atomic E-state index is 0.0934. The summed E-state index contributed by atoms with van der Waals surface area (Å²) in [6.07, 6.45) is 1.96. The van der Waals surface area contributed by atoms with Gasteiger partial charge in [0.1, 0.15) is 11.2 Å². The molecule has 3 aromatic rings. The standard InChI is InChI=1S/C19H22N4O2/c1-14(2)23-9-5-7-16(23)18(24)21-10-12-22(13-11-21)19-20-15-6-3-4-8-17(15)25-19/h3-9,14H,10-13H2,1-2H3. The molecule has 0 N–H and O–H groups in total. The molecule has 6 nitrogen and oxygen atoms in total. The predicted octanol–water partition coefficient (Wildman–Crippen LogP) is 3.17. The van der Waals surface area contributed by atoms with Crippen molar-refractivity contribution in [1.29, 1.82) is 0 Å². The summed E-state index contributed by atoms with van der Waals surface area (Å²) in [4.78, 5) is 21.4. The maximum atomic E-state index is 12.8. The quantitative estimate of drug-likeness (QED) is 0.736. The molecule has 1 aliphatic heterocycles. The third kappa shape index (κ3) is 2.88. The van der Waals surface area contributed by atoms with E-state index in [0.29, 0.717) is 19.1 Å². The molecule has 1 amide bonds. The lowest BCUT2D eigenvalue weighted by atomic mass is 10.2. The van der Waals surface area contributed by atoms with E-state index in [9.17, 15) is 4.79 Å². The molecule has 25 heavy (non-hydrogen) atoms. The molecule has 0 spiro atoms. The van der Waals surface area contributed by atoms with E-state index in [-0.39, 0.29) is 11.9 Å². The van der Waals surface area contributed by atoms with Crippen LogP contribution >= 0.6 is 0 Å². The number of rotatable bonds is 3. The predicted molar refractivity (Wildman–Crippen MR) is 96.9 cm³/mol. The third-order valence-corrected chi connectivity index (χ3v) is 4.67. The number of benzene rings is 1. The van der Waals surface area contributed by atoms with E-state index in [4.69, 9.17) is 4.42 Å². The summed E-state index contributed by atoms with van der Waals surface area (Å²) in [5, 5.41) is 0. The average Bonchev–Trinajstić information content (AvgIpc) is 3.28. The zero-order valence-electron chi connectivity index (χ0n) is 14.6. The van der Waals surface area contributed by atoms with Gasteiger partial charge in [-0.25, -0.2) is 0 Å². The lowest BCUT2D eigenvalue weighted by Gasteiger charge is -2.34. The summed E-state index contributed by atoms with van der Waals surface area (Å²) in [7, 11) is 0. The number of carbonyl (C=O) groups is 1. The Morgan fingerprint density at radius 2 is 1.84 bits per heavy atom. The summed E-state index contributed by atoms with van der Waals surface area (Å²) >= 11 is 0. The van der Waals surface area contributed by atoms with Gasteiger partial charge in [-0.3, -0.25) is 4.79 Å². The second kappa shape index (κ2) is 6.27. The Morgan fingerprint density at radius 1 is 1.08 bits per heavy atom. The minimum Gasteiger partial charge on any atom is -0.423 e. The van der Waals surface area contributed by atoms with Crippen LogP contribution in [0.4, 0.5) is 6.01 Å². The zero-order valence-corrected chi connectivity index (χ0v) is 14.6. The van der Waals surface area contributed by atoms with Gasteiger partial charge in [0.05, 0.1) is 0 Å². The lowest BCUT2D eigenvalue weighted by molar-refractivity contribution is 0.0732. The van der Waals surface area contributed by atoms with Crippen molar-refractivity contribution in [3.8, 4) is 0 Å². The zero-order chi connectivity index (χ0) is 17.4. The number of aromatic nitrogens is 2. The third-order valence-electron chi connectivity index (χ3n) is 4.67. The van der Waals surface area contributed by atoms with Crippen molar-refractivity contribution in [3.05, 3.63) is 48.3 Å². The smallest absolute Gasteiger partial charge is 0.298 e. The summed E-state index contributed by atoms with van der Waals surface area (Å²) in [5.74, 6) is 0.0934. The van der Waals surface area contributed by atoms with Crippen molar-refractivity contribution in [2.24, 2.45) is 0 Å². The number of fused-ring (bicyclic) bond motifs is 1. The molecule has 1 aromatic carbocycles. The molecule has 0 bridgehead atoms. The SMILES string of the molecule is CC(C)n1cccc1C(=O)N1CCN(c2nc3ccccc3o2)CC1. The van der Waals surface area contributed by atoms with Crippen LogP contribution in [0, 0.1) is 0 Å². The molecule has 2 aromatic heterocycles. The Bertz CT molecular complexity index is 855. The largest absolute Gasteiger partial charge is 0.423 e. The van der Waals surface area contributed by atoms with Crippen LogP contribution in [0.3, 0.4) is 0 Å². The van der Waals surface area contributed by atoms with Gasteiger partial charge in [0.15, 0.2) is 5.58 Å². The number of nitrogens with zero attached hydrogens (tertiary/aromatic N) is 4. The van der Waals surface area contributed by atoms with Crippen LogP contribution in [0.5, 0.6) is 0 Å². The molecule has 0 unspecified atom stereocenters. The number of amides is 1. The van der Waals surface area contributed by atoms with Crippen molar-refractivity contribution in [2.45, 2.75) is 19.9 Å². The normalized spacial score (nSPS) is 15.3. The molecule has 4 rings (SSSR count). The highest BCUT2D eigenvalue weighted by Gasteiger charge is 2.26. The van der Waals surface area contributed by atoms with Crippen molar-refractivity contribution < 1.29 is 9.21 Å². The summed E-state index contributed by atoms with van der Waals surface area (Å²) in [5.41, 5.74) is 2.42. The maximum absolute atomic E-state index is 12.8. The van der Waals surface area contributed by atoms with E-state index in [2.05, 4.69) is 23.7 Å². The molecule has 1 aliphatic rings.